The molecule has 0 spiro atoms. The maximum atomic E-state index is 12.3. The van der Waals surface area contributed by atoms with Gasteiger partial charge in [-0.05, 0) is 38.0 Å². The molecule has 8 nitrogen and oxygen atoms in total. The van der Waals surface area contributed by atoms with Crippen molar-refractivity contribution in [1.29, 1.82) is 5.26 Å². The van der Waals surface area contributed by atoms with Crippen molar-refractivity contribution in [2.45, 2.75) is 20.3 Å². The highest BCUT2D eigenvalue weighted by Crippen LogP contribution is 2.28. The van der Waals surface area contributed by atoms with Crippen molar-refractivity contribution in [1.82, 2.24) is 10.2 Å². The van der Waals surface area contributed by atoms with Crippen molar-refractivity contribution in [3.8, 4) is 17.6 Å². The van der Waals surface area contributed by atoms with E-state index in [1.165, 1.54) is 11.1 Å². The Balaban J connectivity index is 2.69. The average molecular weight is 391 g/mol. The molecule has 0 heterocycles. The van der Waals surface area contributed by atoms with Gasteiger partial charge in [0.2, 0.25) is 0 Å². The van der Waals surface area contributed by atoms with Crippen molar-refractivity contribution in [2.24, 2.45) is 0 Å². The molecule has 1 amide bonds. The van der Waals surface area contributed by atoms with Crippen molar-refractivity contribution in [2.75, 3.05) is 46.1 Å². The third-order valence-electron chi connectivity index (χ3n) is 3.79. The molecule has 28 heavy (non-hydrogen) atoms. The van der Waals surface area contributed by atoms with Gasteiger partial charge in [-0.3, -0.25) is 4.79 Å². The molecule has 0 aromatic heterocycles. The number of amides is 1. The second-order valence-electron chi connectivity index (χ2n) is 5.76. The second-order valence-corrected chi connectivity index (χ2v) is 5.76. The second kappa shape index (κ2) is 13.4. The molecule has 0 aliphatic carbocycles. The van der Waals surface area contributed by atoms with Crippen LogP contribution in [0.3, 0.4) is 0 Å². The normalized spacial score (nSPS) is 10.9. The summed E-state index contributed by atoms with van der Waals surface area (Å²) in [5.74, 6) is 0.859. The zero-order valence-corrected chi connectivity index (χ0v) is 16.5. The molecule has 0 fully saturated rings. The minimum atomic E-state index is -0.530. The Labute approximate surface area is 166 Å². The van der Waals surface area contributed by atoms with E-state index in [-0.39, 0.29) is 31.9 Å². The van der Waals surface area contributed by atoms with Crippen LogP contribution in [0.2, 0.25) is 0 Å². The summed E-state index contributed by atoms with van der Waals surface area (Å²) in [5, 5.41) is 30.2. The van der Waals surface area contributed by atoms with E-state index < -0.39 is 5.91 Å². The third kappa shape index (κ3) is 7.47. The largest absolute Gasteiger partial charge is 0.490 e. The average Bonchev–Trinajstić information content (AvgIpc) is 2.69. The Bertz CT molecular complexity index is 679. The number of carbonyl (C=O) groups excluding carboxylic acids is 1. The smallest absolute Gasteiger partial charge is 0.266 e. The third-order valence-corrected chi connectivity index (χ3v) is 3.79. The molecule has 0 unspecified atom stereocenters. The summed E-state index contributed by atoms with van der Waals surface area (Å²) < 4.78 is 11.1. The Kier molecular flexibility index (Phi) is 11.2. The van der Waals surface area contributed by atoms with Gasteiger partial charge in [-0.2, -0.15) is 5.26 Å². The van der Waals surface area contributed by atoms with E-state index in [1.54, 1.807) is 0 Å². The maximum Gasteiger partial charge on any atom is 0.266 e. The number of nitrogens with zero attached hydrogens (tertiary/aromatic N) is 2. The number of ether oxygens (including phenoxy) is 2. The lowest BCUT2D eigenvalue weighted by atomic mass is 10.1. The number of nitrogens with one attached hydrogen (secondary N) is 1. The minimum Gasteiger partial charge on any atom is -0.490 e. The van der Waals surface area contributed by atoms with Gasteiger partial charge in [0.05, 0.1) is 26.4 Å². The zero-order valence-electron chi connectivity index (χ0n) is 16.5. The van der Waals surface area contributed by atoms with E-state index in [9.17, 15) is 10.1 Å². The van der Waals surface area contributed by atoms with Crippen LogP contribution in [-0.4, -0.2) is 67.1 Å². The van der Waals surface area contributed by atoms with E-state index >= 15 is 0 Å². The summed E-state index contributed by atoms with van der Waals surface area (Å²) in [5.41, 5.74) is 0.948. The Morgan fingerprint density at radius 2 is 1.82 bits per heavy atom. The van der Waals surface area contributed by atoms with E-state index in [0.717, 1.165) is 5.56 Å². The van der Waals surface area contributed by atoms with Gasteiger partial charge in [-0.15, -0.1) is 0 Å². The lowest BCUT2D eigenvalue weighted by Gasteiger charge is -2.20. The van der Waals surface area contributed by atoms with Crippen LogP contribution in [0.4, 0.5) is 0 Å². The summed E-state index contributed by atoms with van der Waals surface area (Å²) in [6.45, 7) is 5.07. The standard InChI is InChI=1S/C20H29N3O5/c1-3-27-18-6-5-16(13-19(18)28-4-2)7-8-22-15-17(14-21)20(26)23(9-11-24)10-12-25/h5-6,13,15,22,24-25H,3-4,7-12H2,1-2H3/b17-15-. The monoisotopic (exact) mass is 391 g/mol. The van der Waals surface area contributed by atoms with Gasteiger partial charge in [-0.1, -0.05) is 6.07 Å². The highest BCUT2D eigenvalue weighted by molar-refractivity contribution is 5.97. The van der Waals surface area contributed by atoms with Gasteiger partial charge in [0.15, 0.2) is 11.5 Å². The van der Waals surface area contributed by atoms with Gasteiger partial charge in [0, 0.05) is 25.8 Å². The fraction of sp³-hybridized carbons (Fsp3) is 0.500. The van der Waals surface area contributed by atoms with Gasteiger partial charge in [0.25, 0.3) is 5.91 Å². The molecule has 0 atom stereocenters. The highest BCUT2D eigenvalue weighted by Gasteiger charge is 2.17. The molecule has 0 bridgehead atoms. The van der Waals surface area contributed by atoms with Crippen LogP contribution < -0.4 is 14.8 Å². The van der Waals surface area contributed by atoms with Crippen molar-refractivity contribution >= 4 is 5.91 Å². The molecule has 8 heteroatoms. The molecule has 1 aromatic rings. The van der Waals surface area contributed by atoms with Crippen molar-refractivity contribution in [3.05, 3.63) is 35.5 Å². The van der Waals surface area contributed by atoms with Gasteiger partial charge in [0.1, 0.15) is 11.6 Å². The van der Waals surface area contributed by atoms with Crippen LogP contribution in [0, 0.1) is 11.3 Å². The van der Waals surface area contributed by atoms with Gasteiger partial charge >= 0.3 is 0 Å². The number of nitriles is 1. The Morgan fingerprint density at radius 3 is 2.39 bits per heavy atom. The van der Waals surface area contributed by atoms with Crippen LogP contribution >= 0.6 is 0 Å². The molecule has 0 saturated heterocycles. The first-order chi connectivity index (χ1) is 13.6. The number of hydrogen-bond acceptors (Lipinski definition) is 7. The molecule has 0 aliphatic rings. The van der Waals surface area contributed by atoms with Gasteiger partial charge < -0.3 is 29.9 Å². The zero-order chi connectivity index (χ0) is 20.8. The lowest BCUT2D eigenvalue weighted by molar-refractivity contribution is -0.127. The fourth-order valence-corrected chi connectivity index (χ4v) is 2.51. The van der Waals surface area contributed by atoms with E-state index in [2.05, 4.69) is 5.32 Å². The molecule has 0 aliphatic heterocycles. The number of carbonyl (C=O) groups is 1. The quantitative estimate of drug-likeness (QED) is 0.259. The number of aliphatic hydroxyl groups is 2. The predicted octanol–water partition coefficient (Wildman–Crippen LogP) is 0.837. The molecule has 1 rings (SSSR count). The molecule has 1 aromatic carbocycles. The van der Waals surface area contributed by atoms with Crippen LogP contribution in [0.5, 0.6) is 11.5 Å². The fourth-order valence-electron chi connectivity index (χ4n) is 2.51. The summed E-state index contributed by atoms with van der Waals surface area (Å²) in [4.78, 5) is 13.5. The van der Waals surface area contributed by atoms with E-state index in [0.29, 0.717) is 37.7 Å². The van der Waals surface area contributed by atoms with Crippen molar-refractivity contribution in [3.63, 3.8) is 0 Å². The Hall–Kier alpha value is -2.76. The number of hydrogen-bond donors (Lipinski definition) is 3. The van der Waals surface area contributed by atoms with Crippen LogP contribution in [0.25, 0.3) is 0 Å². The SMILES string of the molecule is CCOc1ccc(CCN/C=C(/C#N)C(=O)N(CCO)CCO)cc1OCC. The molecular weight excluding hydrogens is 362 g/mol. The topological polar surface area (TPSA) is 115 Å². The maximum absolute atomic E-state index is 12.3. The molecule has 0 radical (unpaired) electrons. The molecule has 154 valence electrons. The summed E-state index contributed by atoms with van der Waals surface area (Å²) >= 11 is 0. The molecule has 3 N–H and O–H groups in total. The van der Waals surface area contributed by atoms with Crippen LogP contribution in [-0.2, 0) is 11.2 Å². The van der Waals surface area contributed by atoms with Gasteiger partial charge in [-0.25, -0.2) is 0 Å². The summed E-state index contributed by atoms with van der Waals surface area (Å²) in [6, 6.07) is 7.58. The minimum absolute atomic E-state index is 0.0603. The first-order valence-corrected chi connectivity index (χ1v) is 9.34. The summed E-state index contributed by atoms with van der Waals surface area (Å²) in [7, 11) is 0. The predicted molar refractivity (Wildman–Crippen MR) is 105 cm³/mol. The lowest BCUT2D eigenvalue weighted by Crippen LogP contribution is -2.37. The molecular formula is C20H29N3O5. The highest BCUT2D eigenvalue weighted by atomic mass is 16.5. The van der Waals surface area contributed by atoms with Crippen LogP contribution in [0.15, 0.2) is 30.0 Å². The first kappa shape index (κ1) is 23.3. The Morgan fingerprint density at radius 1 is 1.18 bits per heavy atom. The molecule has 0 saturated carbocycles. The number of rotatable bonds is 13. The number of benzene rings is 1. The van der Waals surface area contributed by atoms with Crippen molar-refractivity contribution < 1.29 is 24.5 Å². The van der Waals surface area contributed by atoms with E-state index in [4.69, 9.17) is 19.7 Å². The van der Waals surface area contributed by atoms with E-state index in [1.807, 2.05) is 38.1 Å². The number of aliphatic hydroxyl groups excluding tert-OH is 2. The summed E-state index contributed by atoms with van der Waals surface area (Å²) in [6.07, 6.45) is 2.02. The van der Waals surface area contributed by atoms with Crippen LogP contribution in [0.1, 0.15) is 19.4 Å². The first-order valence-electron chi connectivity index (χ1n) is 9.34.